The average Bonchev–Trinajstić information content (AvgIpc) is 3.34. The summed E-state index contributed by atoms with van der Waals surface area (Å²) in [4.78, 5) is 49.8. The van der Waals surface area contributed by atoms with Crippen molar-refractivity contribution in [3.05, 3.63) is 71.9 Å². The van der Waals surface area contributed by atoms with Crippen LogP contribution in [0.5, 0.6) is 0 Å². The minimum Gasteiger partial charge on any atom is -0.302 e. The van der Waals surface area contributed by atoms with Crippen LogP contribution in [-0.2, 0) is 9.59 Å². The number of amides is 3. The first-order chi connectivity index (χ1) is 15.8. The summed E-state index contributed by atoms with van der Waals surface area (Å²) < 4.78 is 0. The molecule has 0 spiro atoms. The molecule has 3 atom stereocenters. The monoisotopic (exact) mass is 443 g/mol. The second-order valence-electron chi connectivity index (χ2n) is 8.64. The first kappa shape index (κ1) is 20.9. The van der Waals surface area contributed by atoms with E-state index in [-0.39, 0.29) is 5.78 Å². The predicted octanol–water partition coefficient (Wildman–Crippen LogP) is 3.05. The first-order valence-corrected chi connectivity index (χ1v) is 10.9. The van der Waals surface area contributed by atoms with Gasteiger partial charge in [-0.1, -0.05) is 42.5 Å². The fourth-order valence-electron chi connectivity index (χ4n) is 4.57. The highest BCUT2D eigenvalue weighted by Crippen LogP contribution is 2.40. The molecule has 5 rings (SSSR count). The third-order valence-electron chi connectivity index (χ3n) is 6.46. The Hall–Kier alpha value is -3.94. The number of imide groups is 1. The Morgan fingerprint density at radius 2 is 1.79 bits per heavy atom. The van der Waals surface area contributed by atoms with Crippen LogP contribution in [0.1, 0.15) is 25.0 Å². The van der Waals surface area contributed by atoms with Gasteiger partial charge in [0, 0.05) is 24.5 Å². The van der Waals surface area contributed by atoms with Crippen molar-refractivity contribution in [3.8, 4) is 0 Å². The minimum atomic E-state index is -0.842. The molecular weight excluding hydrogens is 418 g/mol. The number of hydrogen-bond acceptors (Lipinski definition) is 6. The van der Waals surface area contributed by atoms with Gasteiger partial charge in [0.25, 0.3) is 5.91 Å². The molecule has 3 aliphatic heterocycles. The topological polar surface area (TPSA) is 76.5 Å². The molecule has 3 aliphatic rings. The molecule has 0 N–H and O–H groups in total. The zero-order chi connectivity index (χ0) is 23.4. The average molecular weight is 444 g/mol. The number of Topliss-reactive ketones (excluding diaryl/α,β-unsaturated/α-hetero) is 1. The molecular formula is C25H25N5O3. The van der Waals surface area contributed by atoms with Crippen LogP contribution in [0.2, 0.25) is 0 Å². The molecule has 3 amide bonds. The Kier molecular flexibility index (Phi) is 4.81. The van der Waals surface area contributed by atoms with E-state index in [1.54, 1.807) is 14.0 Å². The summed E-state index contributed by atoms with van der Waals surface area (Å²) in [5.41, 5.74) is 3.88. The molecule has 2 aromatic rings. The van der Waals surface area contributed by atoms with Gasteiger partial charge in [-0.2, -0.15) is 0 Å². The Balaban J connectivity index is 1.63. The lowest BCUT2D eigenvalue weighted by Crippen LogP contribution is -2.66. The first-order valence-electron chi connectivity index (χ1n) is 10.9. The second-order valence-corrected chi connectivity index (χ2v) is 8.64. The molecule has 3 heterocycles. The predicted molar refractivity (Wildman–Crippen MR) is 125 cm³/mol. The molecule has 168 valence electrons. The summed E-state index contributed by atoms with van der Waals surface area (Å²) in [6.07, 6.45) is 1.25. The van der Waals surface area contributed by atoms with Gasteiger partial charge in [0.1, 0.15) is 0 Å². The summed E-state index contributed by atoms with van der Waals surface area (Å²) >= 11 is 0. The van der Waals surface area contributed by atoms with E-state index in [1.165, 1.54) is 11.8 Å². The van der Waals surface area contributed by atoms with E-state index in [4.69, 9.17) is 4.99 Å². The maximum absolute atomic E-state index is 13.6. The van der Waals surface area contributed by atoms with Crippen molar-refractivity contribution in [1.82, 2.24) is 14.7 Å². The van der Waals surface area contributed by atoms with Gasteiger partial charge in [-0.25, -0.2) is 9.79 Å². The summed E-state index contributed by atoms with van der Waals surface area (Å²) in [5.74, 6) is -0.0786. The summed E-state index contributed by atoms with van der Waals surface area (Å²) in [7, 11) is 1.62. The summed E-state index contributed by atoms with van der Waals surface area (Å²) in [5, 5.41) is 0. The van der Waals surface area contributed by atoms with Gasteiger partial charge in [-0.05, 0) is 38.5 Å². The number of carbonyl (C=O) groups excluding carboxylic acids is 3. The Morgan fingerprint density at radius 3 is 2.45 bits per heavy atom. The number of ketones is 1. The molecule has 2 aromatic carbocycles. The van der Waals surface area contributed by atoms with Crippen molar-refractivity contribution in [2.45, 2.75) is 39.0 Å². The van der Waals surface area contributed by atoms with Crippen LogP contribution in [0.15, 0.2) is 65.8 Å². The largest absolute Gasteiger partial charge is 0.328 e. The van der Waals surface area contributed by atoms with Crippen LogP contribution in [-0.4, -0.2) is 63.7 Å². The molecule has 8 nitrogen and oxygen atoms in total. The van der Waals surface area contributed by atoms with Gasteiger partial charge in [-0.15, -0.1) is 0 Å². The number of rotatable bonds is 4. The molecule has 0 aromatic heterocycles. The van der Waals surface area contributed by atoms with E-state index in [9.17, 15) is 14.4 Å². The molecule has 33 heavy (non-hydrogen) atoms. The van der Waals surface area contributed by atoms with Crippen molar-refractivity contribution in [1.29, 1.82) is 0 Å². The number of urea groups is 1. The molecule has 0 bridgehead atoms. The molecule has 8 heteroatoms. The van der Waals surface area contributed by atoms with Gasteiger partial charge in [0.2, 0.25) is 5.96 Å². The standard InChI is InChI=1S/C25H25N5O3/c1-15-9-8-12-19(13-15)30-20(18-10-6-5-7-11-18)14-28-21-22(26-24(28)30)27(4)25(33)29(23(21)32)16(2)17(3)31/h5-14,16,21-22H,1-4H3. The van der Waals surface area contributed by atoms with Crippen LogP contribution in [0.3, 0.4) is 0 Å². The van der Waals surface area contributed by atoms with E-state index >= 15 is 0 Å². The molecule has 0 saturated carbocycles. The van der Waals surface area contributed by atoms with Crippen molar-refractivity contribution >= 4 is 35.1 Å². The number of likely N-dealkylation sites (N-methyl/N-ethyl adjacent to an activating group) is 1. The van der Waals surface area contributed by atoms with Gasteiger partial charge in [0.15, 0.2) is 18.0 Å². The highest BCUT2D eigenvalue weighted by molar-refractivity contribution is 6.16. The van der Waals surface area contributed by atoms with E-state index in [2.05, 4.69) is 6.07 Å². The summed E-state index contributed by atoms with van der Waals surface area (Å²) in [6, 6.07) is 15.9. The van der Waals surface area contributed by atoms with Gasteiger partial charge in [0.05, 0.1) is 11.7 Å². The van der Waals surface area contributed by atoms with Crippen LogP contribution >= 0.6 is 0 Å². The van der Waals surface area contributed by atoms with E-state index in [0.29, 0.717) is 5.96 Å². The van der Waals surface area contributed by atoms with Crippen molar-refractivity contribution < 1.29 is 14.4 Å². The van der Waals surface area contributed by atoms with E-state index in [0.717, 1.165) is 27.4 Å². The number of hydrogen-bond donors (Lipinski definition) is 0. The molecule has 1 saturated heterocycles. The maximum Gasteiger partial charge on any atom is 0.328 e. The van der Waals surface area contributed by atoms with E-state index < -0.39 is 30.2 Å². The van der Waals surface area contributed by atoms with Gasteiger partial charge < -0.3 is 4.90 Å². The van der Waals surface area contributed by atoms with Crippen LogP contribution in [0.4, 0.5) is 10.5 Å². The Bertz CT molecular complexity index is 1220. The smallest absolute Gasteiger partial charge is 0.302 e. The van der Waals surface area contributed by atoms with Gasteiger partial charge >= 0.3 is 6.03 Å². The molecule has 0 aliphatic carbocycles. The zero-order valence-electron chi connectivity index (χ0n) is 19.0. The number of carbonyl (C=O) groups is 3. The van der Waals surface area contributed by atoms with E-state index in [1.807, 2.05) is 71.5 Å². The normalized spacial score (nSPS) is 22.8. The zero-order valence-corrected chi connectivity index (χ0v) is 19.0. The number of aliphatic imine (C=N–C) groups is 1. The fraction of sp³-hybridized carbons (Fsp3) is 0.280. The number of benzene rings is 2. The highest BCUT2D eigenvalue weighted by atomic mass is 16.2. The Morgan fingerprint density at radius 1 is 1.06 bits per heavy atom. The number of guanidine groups is 1. The lowest BCUT2D eigenvalue weighted by Gasteiger charge is -2.41. The third kappa shape index (κ3) is 3.13. The SMILES string of the molecule is CC(=O)C(C)N1C(=O)C2C(N=C3N(c4cccc(C)c4)C(c4ccccc4)=CN32)N(C)C1=O. The van der Waals surface area contributed by atoms with Crippen molar-refractivity contribution in [2.24, 2.45) is 4.99 Å². The third-order valence-corrected chi connectivity index (χ3v) is 6.46. The number of anilines is 1. The fourth-order valence-corrected chi connectivity index (χ4v) is 4.57. The molecule has 0 radical (unpaired) electrons. The quantitative estimate of drug-likeness (QED) is 0.726. The highest BCUT2D eigenvalue weighted by Gasteiger charge is 2.56. The number of fused-ring (bicyclic) bond motifs is 3. The number of nitrogens with zero attached hydrogens (tertiary/aromatic N) is 5. The molecule has 1 fully saturated rings. The molecule has 3 unspecified atom stereocenters. The van der Waals surface area contributed by atoms with Crippen LogP contribution in [0, 0.1) is 6.92 Å². The Labute approximate surface area is 192 Å². The van der Waals surface area contributed by atoms with Crippen LogP contribution < -0.4 is 4.90 Å². The lowest BCUT2D eigenvalue weighted by atomic mass is 10.1. The second kappa shape index (κ2) is 7.58. The van der Waals surface area contributed by atoms with Crippen molar-refractivity contribution in [3.63, 3.8) is 0 Å². The maximum atomic E-state index is 13.6. The summed E-state index contributed by atoms with van der Waals surface area (Å²) in [6.45, 7) is 4.99. The number of aryl methyl sites for hydroxylation is 1. The van der Waals surface area contributed by atoms with Crippen LogP contribution in [0.25, 0.3) is 5.70 Å². The lowest BCUT2D eigenvalue weighted by molar-refractivity contribution is -0.142. The minimum absolute atomic E-state index is 0.244. The van der Waals surface area contributed by atoms with Gasteiger partial charge in [-0.3, -0.25) is 24.3 Å². The van der Waals surface area contributed by atoms with Crippen molar-refractivity contribution in [2.75, 3.05) is 11.9 Å².